The highest BCUT2D eigenvalue weighted by Gasteiger charge is 2.16. The van der Waals surface area contributed by atoms with E-state index in [1.54, 1.807) is 36.4 Å². The lowest BCUT2D eigenvalue weighted by Crippen LogP contribution is -2.08. The Morgan fingerprint density at radius 2 is 0.793 bits per heavy atom. The van der Waals surface area contributed by atoms with E-state index >= 15 is 0 Å². The van der Waals surface area contributed by atoms with E-state index in [0.29, 0.717) is 33.6 Å². The molecule has 0 saturated heterocycles. The van der Waals surface area contributed by atoms with Crippen molar-refractivity contribution in [3.05, 3.63) is 131 Å². The van der Waals surface area contributed by atoms with E-state index in [9.17, 15) is 9.59 Å². The van der Waals surface area contributed by atoms with Crippen LogP contribution in [0.2, 0.25) is 0 Å². The van der Waals surface area contributed by atoms with E-state index in [-0.39, 0.29) is 11.6 Å². The molecule has 0 aromatic heterocycles. The SMILES string of the molecule is O=C(c1ccccc1)c1ccccc1Nc1ccccc1C(=O)c1ccccc1. The van der Waals surface area contributed by atoms with Crippen LogP contribution in [0, 0.1) is 0 Å². The van der Waals surface area contributed by atoms with Crippen molar-refractivity contribution in [2.75, 3.05) is 5.32 Å². The maximum Gasteiger partial charge on any atom is 0.195 e. The minimum Gasteiger partial charge on any atom is -0.354 e. The molecule has 140 valence electrons. The average Bonchev–Trinajstić information content (AvgIpc) is 2.80. The van der Waals surface area contributed by atoms with Gasteiger partial charge >= 0.3 is 0 Å². The van der Waals surface area contributed by atoms with Crippen LogP contribution in [-0.4, -0.2) is 11.6 Å². The van der Waals surface area contributed by atoms with Crippen LogP contribution in [0.3, 0.4) is 0 Å². The van der Waals surface area contributed by atoms with Crippen LogP contribution in [0.15, 0.2) is 109 Å². The molecule has 0 heterocycles. The number of nitrogens with one attached hydrogen (secondary N) is 1. The third-order valence-electron chi connectivity index (χ3n) is 4.68. The summed E-state index contributed by atoms with van der Waals surface area (Å²) in [5, 5.41) is 3.30. The Bertz CT molecular complexity index is 1060. The number of carbonyl (C=O) groups is 2. The monoisotopic (exact) mass is 377 g/mol. The van der Waals surface area contributed by atoms with Crippen LogP contribution in [0.5, 0.6) is 0 Å². The highest BCUT2D eigenvalue weighted by atomic mass is 16.1. The zero-order valence-electron chi connectivity index (χ0n) is 15.7. The molecule has 0 atom stereocenters. The lowest BCUT2D eigenvalue weighted by atomic mass is 9.99. The van der Waals surface area contributed by atoms with Crippen LogP contribution >= 0.6 is 0 Å². The summed E-state index contributed by atoms with van der Waals surface area (Å²) in [7, 11) is 0. The fraction of sp³-hybridized carbons (Fsp3) is 0. The molecule has 0 aliphatic heterocycles. The minimum atomic E-state index is -0.0689. The molecule has 0 bridgehead atoms. The fourth-order valence-electron chi connectivity index (χ4n) is 3.22. The van der Waals surface area contributed by atoms with Gasteiger partial charge in [0.2, 0.25) is 0 Å². The molecule has 1 N–H and O–H groups in total. The Morgan fingerprint density at radius 3 is 1.21 bits per heavy atom. The van der Waals surface area contributed by atoms with Gasteiger partial charge in [-0.25, -0.2) is 0 Å². The molecule has 0 aliphatic rings. The van der Waals surface area contributed by atoms with E-state index < -0.39 is 0 Å². The van der Waals surface area contributed by atoms with Crippen LogP contribution in [0.25, 0.3) is 0 Å². The topological polar surface area (TPSA) is 46.2 Å². The van der Waals surface area contributed by atoms with Crippen LogP contribution < -0.4 is 5.32 Å². The molecule has 29 heavy (non-hydrogen) atoms. The maximum absolute atomic E-state index is 13.0. The summed E-state index contributed by atoms with van der Waals surface area (Å²) in [5.74, 6) is -0.138. The highest BCUT2D eigenvalue weighted by Crippen LogP contribution is 2.27. The summed E-state index contributed by atoms with van der Waals surface area (Å²) in [6.45, 7) is 0. The summed E-state index contributed by atoms with van der Waals surface area (Å²) in [4.78, 5) is 26.0. The van der Waals surface area contributed by atoms with Gasteiger partial charge in [0.1, 0.15) is 0 Å². The second kappa shape index (κ2) is 8.36. The molecule has 4 aromatic carbocycles. The van der Waals surface area contributed by atoms with Crippen LogP contribution in [0.4, 0.5) is 11.4 Å². The van der Waals surface area contributed by atoms with Crippen molar-refractivity contribution in [1.82, 2.24) is 0 Å². The smallest absolute Gasteiger partial charge is 0.195 e. The van der Waals surface area contributed by atoms with Crippen molar-refractivity contribution in [1.29, 1.82) is 0 Å². The van der Waals surface area contributed by atoms with Crippen LogP contribution in [-0.2, 0) is 0 Å². The van der Waals surface area contributed by atoms with Crippen LogP contribution in [0.1, 0.15) is 31.8 Å². The predicted octanol–water partition coefficient (Wildman–Crippen LogP) is 5.89. The number of para-hydroxylation sites is 2. The van der Waals surface area contributed by atoms with Gasteiger partial charge in [0.25, 0.3) is 0 Å². The number of hydrogen-bond donors (Lipinski definition) is 1. The predicted molar refractivity (Wildman–Crippen MR) is 116 cm³/mol. The second-order valence-corrected chi connectivity index (χ2v) is 6.61. The van der Waals surface area contributed by atoms with Crippen molar-refractivity contribution in [2.24, 2.45) is 0 Å². The Kier molecular flexibility index (Phi) is 5.30. The fourth-order valence-corrected chi connectivity index (χ4v) is 3.22. The van der Waals surface area contributed by atoms with Crippen molar-refractivity contribution in [2.45, 2.75) is 0 Å². The Balaban J connectivity index is 1.70. The zero-order chi connectivity index (χ0) is 20.1. The molecule has 4 rings (SSSR count). The highest BCUT2D eigenvalue weighted by molar-refractivity contribution is 6.14. The molecule has 3 nitrogen and oxygen atoms in total. The van der Waals surface area contributed by atoms with E-state index in [4.69, 9.17) is 0 Å². The first-order chi connectivity index (χ1) is 14.2. The van der Waals surface area contributed by atoms with E-state index in [2.05, 4.69) is 5.32 Å². The molecule has 3 heteroatoms. The molecule has 0 aliphatic carbocycles. The lowest BCUT2D eigenvalue weighted by molar-refractivity contribution is 0.103. The summed E-state index contributed by atoms with van der Waals surface area (Å²) in [6, 6.07) is 33.0. The molecule has 0 amide bonds. The van der Waals surface area contributed by atoms with Gasteiger partial charge in [-0.1, -0.05) is 84.9 Å². The largest absolute Gasteiger partial charge is 0.354 e. The minimum absolute atomic E-state index is 0.0689. The third-order valence-corrected chi connectivity index (χ3v) is 4.68. The number of rotatable bonds is 6. The normalized spacial score (nSPS) is 10.3. The molecule has 0 unspecified atom stereocenters. The Labute approximate surface area is 169 Å². The first-order valence-corrected chi connectivity index (χ1v) is 9.38. The summed E-state index contributed by atoms with van der Waals surface area (Å²) >= 11 is 0. The van der Waals surface area contributed by atoms with E-state index in [1.165, 1.54) is 0 Å². The maximum atomic E-state index is 13.0. The standard InChI is InChI=1S/C26H19NO2/c28-25(19-11-3-1-4-12-19)21-15-7-9-17-23(21)27-24-18-10-8-16-22(24)26(29)20-13-5-2-6-14-20/h1-18,27H. The van der Waals surface area contributed by atoms with Gasteiger partial charge in [0.05, 0.1) is 0 Å². The van der Waals surface area contributed by atoms with E-state index in [0.717, 1.165) is 0 Å². The first kappa shape index (κ1) is 18.4. The molecular weight excluding hydrogens is 358 g/mol. The van der Waals surface area contributed by atoms with Gasteiger partial charge in [-0.2, -0.15) is 0 Å². The Morgan fingerprint density at radius 1 is 0.448 bits per heavy atom. The zero-order valence-corrected chi connectivity index (χ0v) is 15.7. The molecular formula is C26H19NO2. The number of hydrogen-bond acceptors (Lipinski definition) is 3. The van der Waals surface area contributed by atoms with Gasteiger partial charge in [0, 0.05) is 33.6 Å². The van der Waals surface area contributed by atoms with Gasteiger partial charge < -0.3 is 5.32 Å². The number of carbonyl (C=O) groups excluding carboxylic acids is 2. The van der Waals surface area contributed by atoms with Gasteiger partial charge in [0.15, 0.2) is 11.6 Å². The van der Waals surface area contributed by atoms with Gasteiger partial charge in [-0.3, -0.25) is 9.59 Å². The Hall–Kier alpha value is -3.98. The van der Waals surface area contributed by atoms with Crippen molar-refractivity contribution in [3.8, 4) is 0 Å². The summed E-state index contributed by atoms with van der Waals surface area (Å²) < 4.78 is 0. The van der Waals surface area contributed by atoms with Gasteiger partial charge in [-0.05, 0) is 24.3 Å². The number of ketones is 2. The first-order valence-electron chi connectivity index (χ1n) is 9.38. The van der Waals surface area contributed by atoms with E-state index in [1.807, 2.05) is 72.8 Å². The average molecular weight is 377 g/mol. The molecule has 0 spiro atoms. The molecule has 0 fully saturated rings. The van der Waals surface area contributed by atoms with Crippen molar-refractivity contribution >= 4 is 22.9 Å². The lowest BCUT2D eigenvalue weighted by Gasteiger charge is -2.14. The van der Waals surface area contributed by atoms with Gasteiger partial charge in [-0.15, -0.1) is 0 Å². The van der Waals surface area contributed by atoms with Crippen molar-refractivity contribution < 1.29 is 9.59 Å². The molecule has 4 aromatic rings. The molecule has 0 radical (unpaired) electrons. The number of benzene rings is 4. The summed E-state index contributed by atoms with van der Waals surface area (Å²) in [6.07, 6.45) is 0. The third kappa shape index (κ3) is 3.99. The van der Waals surface area contributed by atoms with Crippen molar-refractivity contribution in [3.63, 3.8) is 0 Å². The second-order valence-electron chi connectivity index (χ2n) is 6.61. The quantitative estimate of drug-likeness (QED) is 0.426. The summed E-state index contributed by atoms with van der Waals surface area (Å²) in [5.41, 5.74) is 3.68. The molecule has 0 saturated carbocycles. The number of anilines is 2.